The van der Waals surface area contributed by atoms with Crippen molar-refractivity contribution in [3.05, 3.63) is 35.4 Å². The van der Waals surface area contributed by atoms with Crippen LogP contribution in [0, 0.1) is 28.9 Å². The second kappa shape index (κ2) is 7.02. The van der Waals surface area contributed by atoms with Crippen LogP contribution in [-0.4, -0.2) is 47.3 Å². The van der Waals surface area contributed by atoms with Gasteiger partial charge in [0.2, 0.25) is 5.91 Å². The topological polar surface area (TPSA) is 64.4 Å². The Bertz CT molecular complexity index is 763. The Hall–Kier alpha value is -2.49. The molecule has 1 aromatic carbocycles. The molecule has 0 radical (unpaired) electrons. The number of amides is 2. The van der Waals surface area contributed by atoms with E-state index in [0.717, 1.165) is 18.6 Å². The highest BCUT2D eigenvalue weighted by Crippen LogP contribution is 2.37. The maximum Gasteiger partial charge on any atom is 0.256 e. The van der Waals surface area contributed by atoms with Crippen LogP contribution in [0.4, 0.5) is 8.78 Å². The summed E-state index contributed by atoms with van der Waals surface area (Å²) in [7, 11) is 1.68. The zero-order valence-electron chi connectivity index (χ0n) is 14.7. The van der Waals surface area contributed by atoms with E-state index in [1.165, 1.54) is 4.90 Å². The molecule has 7 heteroatoms. The number of piperidine rings is 1. The number of nitrogens with zero attached hydrogens (tertiary/aromatic N) is 3. The zero-order valence-corrected chi connectivity index (χ0v) is 14.7. The molecule has 3 rings (SSSR count). The van der Waals surface area contributed by atoms with Crippen LogP contribution < -0.4 is 0 Å². The van der Waals surface area contributed by atoms with Gasteiger partial charge in [-0.2, -0.15) is 5.26 Å². The van der Waals surface area contributed by atoms with Gasteiger partial charge in [-0.15, -0.1) is 0 Å². The Morgan fingerprint density at radius 2 is 1.92 bits per heavy atom. The standard InChI is InChI=1S/C19H21F2N3O2/c1-23(19(12-22)7-2-8-19)17(25)13-5-9-24(10-6-13)18(26)15-4-3-14(20)11-16(15)21/h3-4,11,13H,2,5-10H2,1H3. The molecule has 0 atom stereocenters. The number of likely N-dealkylation sites (tertiary alicyclic amines) is 1. The molecule has 1 saturated carbocycles. The monoisotopic (exact) mass is 361 g/mol. The first-order chi connectivity index (χ1) is 12.4. The molecule has 26 heavy (non-hydrogen) atoms. The summed E-state index contributed by atoms with van der Waals surface area (Å²) < 4.78 is 26.8. The molecule has 5 nitrogen and oxygen atoms in total. The minimum absolute atomic E-state index is 0.0636. The van der Waals surface area contributed by atoms with Gasteiger partial charge in [0.1, 0.15) is 17.2 Å². The summed E-state index contributed by atoms with van der Waals surface area (Å²) >= 11 is 0. The molecule has 0 aromatic heterocycles. The van der Waals surface area contributed by atoms with Crippen molar-refractivity contribution in [2.45, 2.75) is 37.6 Å². The molecule has 2 aliphatic rings. The highest BCUT2D eigenvalue weighted by molar-refractivity contribution is 5.94. The summed E-state index contributed by atoms with van der Waals surface area (Å²) in [4.78, 5) is 28.2. The smallest absolute Gasteiger partial charge is 0.256 e. The number of rotatable bonds is 3. The molecule has 1 saturated heterocycles. The molecule has 0 unspecified atom stereocenters. The van der Waals surface area contributed by atoms with Crippen LogP contribution in [0.15, 0.2) is 18.2 Å². The third kappa shape index (κ3) is 3.16. The van der Waals surface area contributed by atoms with Crippen molar-refractivity contribution in [3.8, 4) is 6.07 Å². The number of hydrogen-bond donors (Lipinski definition) is 0. The number of hydrogen-bond acceptors (Lipinski definition) is 3. The van der Waals surface area contributed by atoms with Crippen LogP contribution in [0.2, 0.25) is 0 Å². The maximum atomic E-state index is 13.8. The van der Waals surface area contributed by atoms with Gasteiger partial charge in [0.25, 0.3) is 5.91 Å². The Morgan fingerprint density at radius 3 is 2.42 bits per heavy atom. The van der Waals surface area contributed by atoms with E-state index in [0.29, 0.717) is 44.8 Å². The predicted molar refractivity (Wildman–Crippen MR) is 90.0 cm³/mol. The molecular weight excluding hydrogens is 340 g/mol. The maximum absolute atomic E-state index is 13.8. The molecule has 0 spiro atoms. The minimum atomic E-state index is -0.881. The lowest BCUT2D eigenvalue weighted by molar-refractivity contribution is -0.142. The lowest BCUT2D eigenvalue weighted by Gasteiger charge is -2.45. The summed E-state index contributed by atoms with van der Waals surface area (Å²) in [5, 5.41) is 9.38. The van der Waals surface area contributed by atoms with Gasteiger partial charge in [-0.1, -0.05) is 0 Å². The fraction of sp³-hybridized carbons (Fsp3) is 0.526. The van der Waals surface area contributed by atoms with Gasteiger partial charge in [-0.3, -0.25) is 9.59 Å². The third-order valence-corrected chi connectivity index (χ3v) is 5.65. The number of carbonyl (C=O) groups is 2. The molecule has 0 bridgehead atoms. The van der Waals surface area contributed by atoms with Gasteiger partial charge >= 0.3 is 0 Å². The number of halogens is 2. The van der Waals surface area contributed by atoms with E-state index in [4.69, 9.17) is 0 Å². The van der Waals surface area contributed by atoms with E-state index < -0.39 is 23.1 Å². The van der Waals surface area contributed by atoms with E-state index in [1.54, 1.807) is 11.9 Å². The van der Waals surface area contributed by atoms with E-state index >= 15 is 0 Å². The third-order valence-electron chi connectivity index (χ3n) is 5.65. The van der Waals surface area contributed by atoms with Crippen molar-refractivity contribution < 1.29 is 18.4 Å². The van der Waals surface area contributed by atoms with Crippen LogP contribution in [-0.2, 0) is 4.79 Å². The summed E-state index contributed by atoms with van der Waals surface area (Å²) in [5.74, 6) is -2.41. The van der Waals surface area contributed by atoms with Gasteiger partial charge in [0.05, 0.1) is 11.6 Å². The summed E-state index contributed by atoms with van der Waals surface area (Å²) in [6.07, 6.45) is 3.29. The lowest BCUT2D eigenvalue weighted by Crippen LogP contribution is -2.56. The molecule has 1 aliphatic heterocycles. The van der Waals surface area contributed by atoms with Gasteiger partial charge < -0.3 is 9.80 Å². The molecule has 2 fully saturated rings. The first-order valence-electron chi connectivity index (χ1n) is 8.81. The van der Waals surface area contributed by atoms with Crippen LogP contribution in [0.25, 0.3) is 0 Å². The van der Waals surface area contributed by atoms with Gasteiger partial charge in [-0.05, 0) is 44.2 Å². The van der Waals surface area contributed by atoms with Crippen molar-refractivity contribution in [2.24, 2.45) is 5.92 Å². The first-order valence-corrected chi connectivity index (χ1v) is 8.81. The van der Waals surface area contributed by atoms with Gasteiger partial charge in [-0.25, -0.2) is 8.78 Å². The highest BCUT2D eigenvalue weighted by Gasteiger charge is 2.45. The fourth-order valence-electron chi connectivity index (χ4n) is 3.68. The first kappa shape index (κ1) is 18.3. The predicted octanol–water partition coefficient (Wildman–Crippen LogP) is 2.72. The van der Waals surface area contributed by atoms with Crippen molar-refractivity contribution in [1.29, 1.82) is 5.26 Å². The Kier molecular flexibility index (Phi) is 4.94. The number of carbonyl (C=O) groups excluding carboxylic acids is 2. The van der Waals surface area contributed by atoms with Crippen LogP contribution in [0.3, 0.4) is 0 Å². The van der Waals surface area contributed by atoms with Crippen LogP contribution >= 0.6 is 0 Å². The highest BCUT2D eigenvalue weighted by atomic mass is 19.1. The van der Waals surface area contributed by atoms with Crippen molar-refractivity contribution in [3.63, 3.8) is 0 Å². The lowest BCUT2D eigenvalue weighted by atomic mass is 9.76. The van der Waals surface area contributed by atoms with E-state index in [-0.39, 0.29) is 17.4 Å². The Labute approximate surface area is 151 Å². The number of nitriles is 1. The van der Waals surface area contributed by atoms with E-state index in [2.05, 4.69) is 6.07 Å². The molecule has 138 valence electrons. The van der Waals surface area contributed by atoms with Gasteiger partial charge in [0.15, 0.2) is 0 Å². The average molecular weight is 361 g/mol. The fourth-order valence-corrected chi connectivity index (χ4v) is 3.68. The zero-order chi connectivity index (χ0) is 18.9. The van der Waals surface area contributed by atoms with Gasteiger partial charge in [0, 0.05) is 32.1 Å². The van der Waals surface area contributed by atoms with Crippen molar-refractivity contribution in [1.82, 2.24) is 9.80 Å². The minimum Gasteiger partial charge on any atom is -0.339 e. The normalized spacial score (nSPS) is 19.4. The molecule has 1 heterocycles. The summed E-state index contributed by atoms with van der Waals surface area (Å²) in [6.45, 7) is 0.666. The average Bonchev–Trinajstić information content (AvgIpc) is 2.60. The number of benzene rings is 1. The quantitative estimate of drug-likeness (QED) is 0.832. The Morgan fingerprint density at radius 1 is 1.27 bits per heavy atom. The van der Waals surface area contributed by atoms with Crippen molar-refractivity contribution in [2.75, 3.05) is 20.1 Å². The molecule has 1 aliphatic carbocycles. The van der Waals surface area contributed by atoms with E-state index in [9.17, 15) is 23.6 Å². The second-order valence-electron chi connectivity index (χ2n) is 7.08. The summed E-state index contributed by atoms with van der Waals surface area (Å²) in [5.41, 5.74) is -0.840. The largest absolute Gasteiger partial charge is 0.339 e. The molecule has 2 amide bonds. The molecule has 1 aromatic rings. The Balaban J connectivity index is 1.61. The second-order valence-corrected chi connectivity index (χ2v) is 7.08. The summed E-state index contributed by atoms with van der Waals surface area (Å²) in [6, 6.07) is 5.16. The molecule has 0 N–H and O–H groups in total. The van der Waals surface area contributed by atoms with Crippen LogP contribution in [0.1, 0.15) is 42.5 Å². The van der Waals surface area contributed by atoms with Crippen LogP contribution in [0.5, 0.6) is 0 Å². The van der Waals surface area contributed by atoms with E-state index in [1.807, 2.05) is 0 Å². The molecular formula is C19H21F2N3O2. The van der Waals surface area contributed by atoms with Crippen molar-refractivity contribution >= 4 is 11.8 Å². The SMILES string of the molecule is CN(C(=O)C1CCN(C(=O)c2ccc(F)cc2F)CC1)C1(C#N)CCC1.